The van der Waals surface area contributed by atoms with Gasteiger partial charge in [0.15, 0.2) is 0 Å². The summed E-state index contributed by atoms with van der Waals surface area (Å²) in [6, 6.07) is 7.97. The van der Waals surface area contributed by atoms with Crippen LogP contribution in [0.15, 0.2) is 36.7 Å². The zero-order valence-corrected chi connectivity index (χ0v) is 15.4. The lowest BCUT2D eigenvalue weighted by Gasteiger charge is -2.14. The number of imidazole rings is 1. The molecule has 1 aromatic carbocycles. The molecule has 5 heterocycles. The van der Waals surface area contributed by atoms with Crippen molar-refractivity contribution in [1.82, 2.24) is 29.6 Å². The number of rotatable bonds is 3. The van der Waals surface area contributed by atoms with Gasteiger partial charge in [0.1, 0.15) is 22.7 Å². The second-order valence-electron chi connectivity index (χ2n) is 7.81. The molecule has 0 radical (unpaired) electrons. The van der Waals surface area contributed by atoms with Crippen LogP contribution in [0.4, 0.5) is 5.82 Å². The molecule has 142 valence electrons. The van der Waals surface area contributed by atoms with Gasteiger partial charge in [0.05, 0.1) is 31.0 Å². The quantitative estimate of drug-likeness (QED) is 0.568. The fraction of sp³-hybridized carbons (Fsp3) is 0.350. The van der Waals surface area contributed by atoms with Crippen LogP contribution in [0.1, 0.15) is 5.82 Å². The van der Waals surface area contributed by atoms with E-state index in [2.05, 4.69) is 20.0 Å². The summed E-state index contributed by atoms with van der Waals surface area (Å²) in [5.41, 5.74) is 9.72. The minimum absolute atomic E-state index is 0.477. The van der Waals surface area contributed by atoms with Gasteiger partial charge in [0.25, 0.3) is 0 Å². The molecule has 8 heteroatoms. The number of benzene rings is 1. The first-order valence-corrected chi connectivity index (χ1v) is 9.62. The van der Waals surface area contributed by atoms with Gasteiger partial charge in [-0.3, -0.25) is 4.90 Å². The molecule has 3 N–H and O–H groups in total. The molecule has 0 aliphatic carbocycles. The molecule has 0 bridgehead atoms. The molecule has 2 aliphatic heterocycles. The van der Waals surface area contributed by atoms with Gasteiger partial charge < -0.3 is 15.5 Å². The number of nitrogens with zero attached hydrogens (tertiary/aromatic N) is 5. The van der Waals surface area contributed by atoms with Crippen LogP contribution in [0, 0.1) is 11.8 Å². The lowest BCUT2D eigenvalue weighted by Crippen LogP contribution is -2.23. The van der Waals surface area contributed by atoms with Gasteiger partial charge in [0.2, 0.25) is 0 Å². The summed E-state index contributed by atoms with van der Waals surface area (Å²) < 4.78 is 7.39. The first-order valence-electron chi connectivity index (χ1n) is 9.62. The second-order valence-corrected chi connectivity index (χ2v) is 7.81. The van der Waals surface area contributed by atoms with E-state index in [9.17, 15) is 0 Å². The molecule has 2 unspecified atom stereocenters. The van der Waals surface area contributed by atoms with E-state index in [1.807, 2.05) is 35.1 Å². The Labute approximate surface area is 161 Å². The van der Waals surface area contributed by atoms with Gasteiger partial charge in [-0.1, -0.05) is 0 Å². The number of nitrogens with two attached hydrogens (primary N) is 1. The van der Waals surface area contributed by atoms with Crippen LogP contribution >= 0.6 is 0 Å². The molecule has 2 fully saturated rings. The Morgan fingerprint density at radius 3 is 2.82 bits per heavy atom. The maximum atomic E-state index is 6.25. The van der Waals surface area contributed by atoms with Crippen molar-refractivity contribution in [3.63, 3.8) is 0 Å². The largest absolute Gasteiger partial charge is 0.382 e. The van der Waals surface area contributed by atoms with Crippen molar-refractivity contribution in [3.8, 4) is 5.69 Å². The molecule has 3 aromatic heterocycles. The summed E-state index contributed by atoms with van der Waals surface area (Å²) in [5.74, 6) is 2.74. The third-order valence-corrected chi connectivity index (χ3v) is 5.94. The Hall–Kier alpha value is -2.97. The first kappa shape index (κ1) is 16.0. The Morgan fingerprint density at radius 2 is 2.04 bits per heavy atom. The monoisotopic (exact) mass is 375 g/mol. The van der Waals surface area contributed by atoms with E-state index >= 15 is 0 Å². The molecule has 2 aliphatic rings. The zero-order valence-electron chi connectivity index (χ0n) is 15.4. The van der Waals surface area contributed by atoms with Crippen molar-refractivity contribution in [1.29, 1.82) is 0 Å². The Balaban J connectivity index is 1.37. The molecule has 28 heavy (non-hydrogen) atoms. The number of hydrogen-bond acceptors (Lipinski definition) is 6. The SMILES string of the molecule is Nc1nc2cc(-n3cccn3)ccc2c2nc(CN3CC4COCC4C3)[nH]c12. The first-order chi connectivity index (χ1) is 13.7. The average molecular weight is 375 g/mol. The molecular weight excluding hydrogens is 354 g/mol. The zero-order chi connectivity index (χ0) is 18.7. The molecule has 4 aromatic rings. The number of hydrogen-bond donors (Lipinski definition) is 2. The number of likely N-dealkylation sites (tertiary alicyclic amines) is 1. The normalized spacial score (nSPS) is 22.4. The minimum Gasteiger partial charge on any atom is -0.382 e. The summed E-state index contributed by atoms with van der Waals surface area (Å²) in [7, 11) is 0. The van der Waals surface area contributed by atoms with E-state index in [1.54, 1.807) is 6.20 Å². The topological polar surface area (TPSA) is 97.9 Å². The van der Waals surface area contributed by atoms with E-state index in [1.165, 1.54) is 0 Å². The number of pyridine rings is 1. The van der Waals surface area contributed by atoms with Gasteiger partial charge in [-0.2, -0.15) is 5.10 Å². The highest BCUT2D eigenvalue weighted by Gasteiger charge is 2.37. The molecular formula is C20H21N7O. The number of ether oxygens (including phenoxy) is 1. The maximum Gasteiger partial charge on any atom is 0.150 e. The number of H-pyrrole nitrogens is 1. The van der Waals surface area contributed by atoms with Crippen LogP contribution in [0.5, 0.6) is 0 Å². The number of fused-ring (bicyclic) bond motifs is 4. The predicted octanol–water partition coefficient (Wildman–Crippen LogP) is 1.96. The molecule has 0 amide bonds. The third-order valence-electron chi connectivity index (χ3n) is 5.94. The minimum atomic E-state index is 0.477. The Morgan fingerprint density at radius 1 is 1.18 bits per heavy atom. The third kappa shape index (κ3) is 2.49. The molecule has 8 nitrogen and oxygen atoms in total. The number of nitrogen functional groups attached to an aromatic ring is 1. The average Bonchev–Trinajstić information content (AvgIpc) is 3.45. The van der Waals surface area contributed by atoms with Crippen molar-refractivity contribution < 1.29 is 4.74 Å². The Kier molecular flexibility index (Phi) is 3.44. The van der Waals surface area contributed by atoms with Crippen LogP contribution in [0.3, 0.4) is 0 Å². The molecule has 0 saturated carbocycles. The lowest BCUT2D eigenvalue weighted by molar-refractivity contribution is 0.152. The van der Waals surface area contributed by atoms with Gasteiger partial charge in [-0.15, -0.1) is 0 Å². The molecule has 2 saturated heterocycles. The Bertz CT molecular complexity index is 1150. The number of anilines is 1. The highest BCUT2D eigenvalue weighted by atomic mass is 16.5. The summed E-state index contributed by atoms with van der Waals surface area (Å²) in [5, 5.41) is 5.28. The smallest absolute Gasteiger partial charge is 0.150 e. The van der Waals surface area contributed by atoms with Gasteiger partial charge in [0, 0.05) is 42.7 Å². The van der Waals surface area contributed by atoms with Crippen molar-refractivity contribution in [2.45, 2.75) is 6.54 Å². The highest BCUT2D eigenvalue weighted by molar-refractivity contribution is 6.06. The van der Waals surface area contributed by atoms with Crippen molar-refractivity contribution >= 4 is 27.8 Å². The predicted molar refractivity (Wildman–Crippen MR) is 106 cm³/mol. The van der Waals surface area contributed by atoms with E-state index in [4.69, 9.17) is 15.5 Å². The molecule has 0 spiro atoms. The van der Waals surface area contributed by atoms with Crippen molar-refractivity contribution in [2.24, 2.45) is 11.8 Å². The fourth-order valence-corrected chi connectivity index (χ4v) is 4.57. The summed E-state index contributed by atoms with van der Waals surface area (Å²) in [4.78, 5) is 15.3. The van der Waals surface area contributed by atoms with Crippen LogP contribution in [0.25, 0.3) is 27.6 Å². The maximum absolute atomic E-state index is 6.25. The number of nitrogens with one attached hydrogen (secondary N) is 1. The van der Waals surface area contributed by atoms with Crippen LogP contribution in [0.2, 0.25) is 0 Å². The van der Waals surface area contributed by atoms with Crippen molar-refractivity contribution in [3.05, 3.63) is 42.5 Å². The summed E-state index contributed by atoms with van der Waals surface area (Å²) in [6.07, 6.45) is 3.67. The van der Waals surface area contributed by atoms with Gasteiger partial charge >= 0.3 is 0 Å². The second kappa shape index (κ2) is 6.02. The van der Waals surface area contributed by atoms with E-state index in [0.717, 1.165) is 66.3 Å². The van der Waals surface area contributed by atoms with Gasteiger partial charge in [-0.25, -0.2) is 14.6 Å². The summed E-state index contributed by atoms with van der Waals surface area (Å²) >= 11 is 0. The molecule has 2 atom stereocenters. The number of aromatic nitrogens is 5. The van der Waals surface area contributed by atoms with E-state index in [-0.39, 0.29) is 0 Å². The van der Waals surface area contributed by atoms with Crippen LogP contribution in [-0.2, 0) is 11.3 Å². The van der Waals surface area contributed by atoms with Crippen molar-refractivity contribution in [2.75, 3.05) is 32.0 Å². The standard InChI is InChI=1S/C20H21N7O/c21-20-19-18(15-3-2-14(6-16(15)23-20)27-5-1-4-22-27)24-17(25-19)9-26-7-12-10-28-11-13(12)8-26/h1-6,12-13H,7-11H2,(H2,21,23)(H,24,25). The fourth-order valence-electron chi connectivity index (χ4n) is 4.57. The van der Waals surface area contributed by atoms with Crippen LogP contribution in [-0.4, -0.2) is 55.9 Å². The summed E-state index contributed by atoms with van der Waals surface area (Å²) in [6.45, 7) is 4.73. The lowest BCUT2D eigenvalue weighted by atomic mass is 10.0. The van der Waals surface area contributed by atoms with E-state index < -0.39 is 0 Å². The van der Waals surface area contributed by atoms with Gasteiger partial charge in [-0.05, 0) is 24.3 Å². The van der Waals surface area contributed by atoms with E-state index in [0.29, 0.717) is 17.7 Å². The number of aromatic amines is 1. The highest BCUT2D eigenvalue weighted by Crippen LogP contribution is 2.31. The molecule has 6 rings (SSSR count). The van der Waals surface area contributed by atoms with Crippen LogP contribution < -0.4 is 5.73 Å².